The Morgan fingerprint density at radius 2 is 2.29 bits per heavy atom. The minimum Gasteiger partial charge on any atom is -0.334 e. The topological polar surface area (TPSA) is 61.0 Å². The summed E-state index contributed by atoms with van der Waals surface area (Å²) in [6.07, 6.45) is 2.41. The van der Waals surface area contributed by atoms with E-state index in [2.05, 4.69) is 15.3 Å². The minimum atomic E-state index is -0.0153. The van der Waals surface area contributed by atoms with Gasteiger partial charge in [-0.05, 0) is 43.5 Å². The third-order valence-corrected chi connectivity index (χ3v) is 4.77. The third kappa shape index (κ3) is 2.30. The van der Waals surface area contributed by atoms with Gasteiger partial charge in [0.25, 0.3) is 5.91 Å². The molecule has 1 amide bonds. The van der Waals surface area contributed by atoms with Crippen LogP contribution in [0, 0.1) is 5.92 Å². The average Bonchev–Trinajstić information content (AvgIpc) is 3.09. The number of nitrogens with one attached hydrogen (secondary N) is 2. The summed E-state index contributed by atoms with van der Waals surface area (Å²) in [6, 6.07) is 5.86. The fourth-order valence-electron chi connectivity index (χ4n) is 3.45. The van der Waals surface area contributed by atoms with E-state index in [9.17, 15) is 4.79 Å². The molecule has 2 aliphatic heterocycles. The smallest absolute Gasteiger partial charge is 0.289 e. The van der Waals surface area contributed by atoms with Crippen molar-refractivity contribution in [2.24, 2.45) is 5.92 Å². The van der Waals surface area contributed by atoms with Crippen LogP contribution in [0.25, 0.3) is 11.0 Å². The second kappa shape index (κ2) is 5.00. The van der Waals surface area contributed by atoms with Crippen molar-refractivity contribution in [3.63, 3.8) is 0 Å². The molecule has 6 heteroatoms. The Bertz CT molecular complexity index is 684. The molecule has 2 fully saturated rings. The Hall–Kier alpha value is -1.59. The van der Waals surface area contributed by atoms with Gasteiger partial charge in [0, 0.05) is 24.2 Å². The van der Waals surface area contributed by atoms with Gasteiger partial charge in [0.15, 0.2) is 5.82 Å². The first kappa shape index (κ1) is 13.1. The Labute approximate surface area is 127 Å². The summed E-state index contributed by atoms with van der Waals surface area (Å²) in [7, 11) is 0. The number of H-pyrrole nitrogens is 1. The number of carbonyl (C=O) groups is 1. The maximum atomic E-state index is 12.6. The van der Waals surface area contributed by atoms with Gasteiger partial charge in [-0.1, -0.05) is 11.6 Å². The van der Waals surface area contributed by atoms with Crippen molar-refractivity contribution < 1.29 is 4.79 Å². The first-order valence-electron chi connectivity index (χ1n) is 7.38. The van der Waals surface area contributed by atoms with Crippen molar-refractivity contribution >= 4 is 28.5 Å². The van der Waals surface area contributed by atoms with E-state index < -0.39 is 0 Å². The molecular formula is C15H17ClN4O. The van der Waals surface area contributed by atoms with Crippen LogP contribution in [0.4, 0.5) is 0 Å². The number of rotatable bonds is 1. The molecule has 0 aliphatic carbocycles. The molecule has 0 spiro atoms. The molecule has 2 aliphatic rings. The molecule has 2 atom stereocenters. The molecular weight excluding hydrogens is 288 g/mol. The van der Waals surface area contributed by atoms with Gasteiger partial charge in [0.2, 0.25) is 0 Å². The van der Waals surface area contributed by atoms with E-state index >= 15 is 0 Å². The SMILES string of the molecule is O=C(c1nc2ccc(Cl)cc2[nH]1)N1C[C@@H]2CCCN[C@@H]2C1. The van der Waals surface area contributed by atoms with Gasteiger partial charge in [0.1, 0.15) is 0 Å². The Balaban J connectivity index is 1.58. The lowest BCUT2D eigenvalue weighted by Crippen LogP contribution is -2.41. The third-order valence-electron chi connectivity index (χ3n) is 4.53. The van der Waals surface area contributed by atoms with E-state index in [0.717, 1.165) is 30.7 Å². The van der Waals surface area contributed by atoms with E-state index in [0.29, 0.717) is 22.8 Å². The number of imidazole rings is 1. The Morgan fingerprint density at radius 1 is 1.38 bits per heavy atom. The van der Waals surface area contributed by atoms with E-state index in [4.69, 9.17) is 11.6 Å². The lowest BCUT2D eigenvalue weighted by Gasteiger charge is -2.24. The number of piperidine rings is 1. The summed E-state index contributed by atoms with van der Waals surface area (Å²) in [5.74, 6) is 0.978. The maximum Gasteiger partial charge on any atom is 0.289 e. The molecule has 0 bridgehead atoms. The summed E-state index contributed by atoms with van der Waals surface area (Å²) >= 11 is 5.97. The van der Waals surface area contributed by atoms with Crippen molar-refractivity contribution in [3.8, 4) is 0 Å². The van der Waals surface area contributed by atoms with Crippen molar-refractivity contribution in [1.82, 2.24) is 20.2 Å². The minimum absolute atomic E-state index is 0.0153. The first-order valence-corrected chi connectivity index (χ1v) is 7.76. The molecule has 2 N–H and O–H groups in total. The molecule has 21 heavy (non-hydrogen) atoms. The zero-order valence-electron chi connectivity index (χ0n) is 11.6. The molecule has 5 nitrogen and oxygen atoms in total. The van der Waals surface area contributed by atoms with Crippen LogP contribution in [0.2, 0.25) is 5.02 Å². The molecule has 4 rings (SSSR count). The van der Waals surface area contributed by atoms with Crippen molar-refractivity contribution in [2.75, 3.05) is 19.6 Å². The molecule has 1 aromatic heterocycles. The number of fused-ring (bicyclic) bond motifs is 2. The fourth-order valence-corrected chi connectivity index (χ4v) is 3.62. The molecule has 110 valence electrons. The molecule has 2 saturated heterocycles. The van der Waals surface area contributed by atoms with Crippen LogP contribution < -0.4 is 5.32 Å². The lowest BCUT2D eigenvalue weighted by atomic mass is 9.94. The van der Waals surface area contributed by atoms with Crippen molar-refractivity contribution in [3.05, 3.63) is 29.0 Å². The number of benzene rings is 1. The van der Waals surface area contributed by atoms with E-state index in [1.807, 2.05) is 11.0 Å². The van der Waals surface area contributed by atoms with Crippen molar-refractivity contribution in [1.29, 1.82) is 0 Å². The molecule has 2 aromatic rings. The van der Waals surface area contributed by atoms with Crippen LogP contribution in [0.5, 0.6) is 0 Å². The molecule has 0 radical (unpaired) electrons. The standard InChI is InChI=1S/C15H17ClN4O/c16-10-3-4-11-12(6-10)19-14(18-11)15(21)20-7-9-2-1-5-17-13(9)8-20/h3-4,6,9,13,17H,1-2,5,7-8H2,(H,18,19)/t9-,13+/m0/s1. The summed E-state index contributed by atoms with van der Waals surface area (Å²) in [5, 5.41) is 4.15. The lowest BCUT2D eigenvalue weighted by molar-refractivity contribution is 0.0775. The van der Waals surface area contributed by atoms with Gasteiger partial charge in [-0.3, -0.25) is 4.79 Å². The number of carbonyl (C=O) groups excluding carboxylic acids is 1. The predicted octanol–water partition coefficient (Wildman–Crippen LogP) is 2.04. The number of aromatic nitrogens is 2. The van der Waals surface area contributed by atoms with Crippen LogP contribution >= 0.6 is 11.6 Å². The van der Waals surface area contributed by atoms with Gasteiger partial charge >= 0.3 is 0 Å². The summed E-state index contributed by atoms with van der Waals surface area (Å²) < 4.78 is 0. The average molecular weight is 305 g/mol. The van der Waals surface area contributed by atoms with Gasteiger partial charge in [0.05, 0.1) is 11.0 Å². The van der Waals surface area contributed by atoms with E-state index in [1.165, 1.54) is 12.8 Å². The number of aromatic amines is 1. The molecule has 3 heterocycles. The number of hydrogen-bond acceptors (Lipinski definition) is 3. The first-order chi connectivity index (χ1) is 10.2. The van der Waals surface area contributed by atoms with Gasteiger partial charge in [-0.15, -0.1) is 0 Å². The quantitative estimate of drug-likeness (QED) is 0.847. The monoisotopic (exact) mass is 304 g/mol. The highest BCUT2D eigenvalue weighted by Gasteiger charge is 2.37. The zero-order chi connectivity index (χ0) is 14.4. The second-order valence-electron chi connectivity index (χ2n) is 5.92. The van der Waals surface area contributed by atoms with E-state index in [1.54, 1.807) is 12.1 Å². The Kier molecular flexibility index (Phi) is 3.12. The Morgan fingerprint density at radius 3 is 3.14 bits per heavy atom. The maximum absolute atomic E-state index is 12.6. The van der Waals surface area contributed by atoms with Gasteiger partial charge in [-0.2, -0.15) is 0 Å². The van der Waals surface area contributed by atoms with Crippen LogP contribution in [0.3, 0.4) is 0 Å². The highest BCUT2D eigenvalue weighted by molar-refractivity contribution is 6.31. The van der Waals surface area contributed by atoms with Crippen LogP contribution in [0.15, 0.2) is 18.2 Å². The number of likely N-dealkylation sites (tertiary alicyclic amines) is 1. The largest absolute Gasteiger partial charge is 0.334 e. The number of nitrogens with zero attached hydrogens (tertiary/aromatic N) is 2. The summed E-state index contributed by atoms with van der Waals surface area (Å²) in [6.45, 7) is 2.67. The summed E-state index contributed by atoms with van der Waals surface area (Å²) in [5.41, 5.74) is 1.58. The van der Waals surface area contributed by atoms with E-state index in [-0.39, 0.29) is 5.91 Å². The van der Waals surface area contributed by atoms with Crippen LogP contribution in [-0.4, -0.2) is 46.5 Å². The molecule has 0 saturated carbocycles. The van der Waals surface area contributed by atoms with Crippen LogP contribution in [-0.2, 0) is 0 Å². The normalized spacial score (nSPS) is 25.3. The zero-order valence-corrected chi connectivity index (χ0v) is 12.4. The van der Waals surface area contributed by atoms with Gasteiger partial charge in [-0.25, -0.2) is 4.98 Å². The fraction of sp³-hybridized carbons (Fsp3) is 0.467. The summed E-state index contributed by atoms with van der Waals surface area (Å²) in [4.78, 5) is 22.0. The van der Waals surface area contributed by atoms with Gasteiger partial charge < -0.3 is 15.2 Å². The number of hydrogen-bond donors (Lipinski definition) is 2. The molecule has 1 aromatic carbocycles. The van der Waals surface area contributed by atoms with Crippen molar-refractivity contribution in [2.45, 2.75) is 18.9 Å². The second-order valence-corrected chi connectivity index (χ2v) is 6.36. The highest BCUT2D eigenvalue weighted by Crippen LogP contribution is 2.26. The number of amides is 1. The highest BCUT2D eigenvalue weighted by atomic mass is 35.5. The van der Waals surface area contributed by atoms with Crippen LogP contribution in [0.1, 0.15) is 23.5 Å². The predicted molar refractivity (Wildman–Crippen MR) is 81.5 cm³/mol. The number of halogens is 1. The molecule has 0 unspecified atom stereocenters.